The third-order valence-corrected chi connectivity index (χ3v) is 5.22. The molecular formula is C22H21N3O4. The lowest BCUT2D eigenvalue weighted by Crippen LogP contribution is -2.35. The lowest BCUT2D eigenvalue weighted by atomic mass is 9.98. The van der Waals surface area contributed by atoms with Crippen molar-refractivity contribution in [2.24, 2.45) is 7.05 Å². The van der Waals surface area contributed by atoms with Gasteiger partial charge in [-0.05, 0) is 29.2 Å². The van der Waals surface area contributed by atoms with E-state index in [9.17, 15) is 14.7 Å². The number of amides is 1. The summed E-state index contributed by atoms with van der Waals surface area (Å²) in [6.07, 6.45) is 0.806. The summed E-state index contributed by atoms with van der Waals surface area (Å²) in [5, 5.41) is 16.1. The number of aryl methyl sites for hydroxylation is 2. The number of aliphatic carboxylic acids is 1. The van der Waals surface area contributed by atoms with Crippen LogP contribution in [0.15, 0.2) is 54.7 Å². The number of ether oxygens (including phenoxy) is 1. The number of benzene rings is 2. The maximum Gasteiger partial charge on any atom is 0.408 e. The summed E-state index contributed by atoms with van der Waals surface area (Å²) in [5.74, 6) is -1.26. The van der Waals surface area contributed by atoms with E-state index in [1.165, 1.54) is 4.68 Å². The maximum atomic E-state index is 12.4. The fourth-order valence-electron chi connectivity index (χ4n) is 3.93. The molecular weight excluding hydrogens is 370 g/mol. The van der Waals surface area contributed by atoms with Gasteiger partial charge in [-0.2, -0.15) is 5.10 Å². The predicted molar refractivity (Wildman–Crippen MR) is 107 cm³/mol. The Morgan fingerprint density at radius 1 is 1.14 bits per heavy atom. The average Bonchev–Trinajstić information content (AvgIpc) is 3.20. The molecule has 1 heterocycles. The van der Waals surface area contributed by atoms with Crippen LogP contribution < -0.4 is 5.32 Å². The lowest BCUT2D eigenvalue weighted by Gasteiger charge is -2.17. The van der Waals surface area contributed by atoms with E-state index in [4.69, 9.17) is 4.74 Å². The first-order valence-electron chi connectivity index (χ1n) is 9.30. The number of hydrogen-bond donors (Lipinski definition) is 2. The van der Waals surface area contributed by atoms with Crippen molar-refractivity contribution in [2.75, 3.05) is 6.61 Å². The summed E-state index contributed by atoms with van der Waals surface area (Å²) in [6, 6.07) is 14.8. The van der Waals surface area contributed by atoms with Crippen LogP contribution in [0.4, 0.5) is 4.79 Å². The molecule has 1 aromatic heterocycles. The Bertz CT molecular complexity index is 1040. The molecule has 2 aromatic carbocycles. The molecule has 2 N–H and O–H groups in total. The zero-order chi connectivity index (χ0) is 20.5. The van der Waals surface area contributed by atoms with Crippen LogP contribution in [-0.2, 0) is 16.6 Å². The van der Waals surface area contributed by atoms with Crippen molar-refractivity contribution in [1.82, 2.24) is 15.1 Å². The number of nitrogens with zero attached hydrogens (tertiary/aromatic N) is 2. The summed E-state index contributed by atoms with van der Waals surface area (Å²) < 4.78 is 6.96. The fraction of sp³-hybridized carbons (Fsp3) is 0.227. The maximum absolute atomic E-state index is 12.4. The van der Waals surface area contributed by atoms with E-state index in [0.29, 0.717) is 11.3 Å². The first kappa shape index (κ1) is 18.7. The molecule has 1 aliphatic carbocycles. The van der Waals surface area contributed by atoms with Gasteiger partial charge in [0.1, 0.15) is 6.61 Å². The summed E-state index contributed by atoms with van der Waals surface area (Å²) in [4.78, 5) is 24.1. The number of hydrogen-bond acceptors (Lipinski definition) is 4. The summed E-state index contributed by atoms with van der Waals surface area (Å²) in [6.45, 7) is 1.82. The highest BCUT2D eigenvalue weighted by Gasteiger charge is 2.30. The van der Waals surface area contributed by atoms with Gasteiger partial charge in [-0.3, -0.25) is 4.68 Å². The minimum absolute atomic E-state index is 0.0865. The van der Waals surface area contributed by atoms with Crippen LogP contribution in [0, 0.1) is 6.92 Å². The van der Waals surface area contributed by atoms with Crippen molar-refractivity contribution in [2.45, 2.75) is 18.9 Å². The normalized spacial score (nSPS) is 13.4. The van der Waals surface area contributed by atoms with Crippen molar-refractivity contribution < 1.29 is 19.4 Å². The molecule has 0 radical (unpaired) electrons. The smallest absolute Gasteiger partial charge is 0.408 e. The predicted octanol–water partition coefficient (Wildman–Crippen LogP) is 3.39. The number of carboxylic acids is 1. The topological polar surface area (TPSA) is 93.5 Å². The lowest BCUT2D eigenvalue weighted by molar-refractivity contribution is -0.139. The molecule has 3 aromatic rings. The van der Waals surface area contributed by atoms with Gasteiger partial charge in [-0.25, -0.2) is 9.59 Å². The molecule has 1 amide bonds. The largest absolute Gasteiger partial charge is 0.479 e. The highest BCUT2D eigenvalue weighted by Crippen LogP contribution is 2.44. The number of carbonyl (C=O) groups is 2. The molecule has 1 atom stereocenters. The van der Waals surface area contributed by atoms with Crippen LogP contribution in [0.1, 0.15) is 34.3 Å². The minimum atomic E-state index is -1.22. The van der Waals surface area contributed by atoms with E-state index < -0.39 is 18.1 Å². The van der Waals surface area contributed by atoms with Crippen LogP contribution >= 0.6 is 0 Å². The monoisotopic (exact) mass is 391 g/mol. The van der Waals surface area contributed by atoms with Gasteiger partial charge in [0.25, 0.3) is 0 Å². The van der Waals surface area contributed by atoms with E-state index >= 15 is 0 Å². The number of fused-ring (bicyclic) bond motifs is 3. The average molecular weight is 391 g/mol. The van der Waals surface area contributed by atoms with Gasteiger partial charge in [0, 0.05) is 24.7 Å². The van der Waals surface area contributed by atoms with Crippen molar-refractivity contribution in [3.63, 3.8) is 0 Å². The van der Waals surface area contributed by atoms with E-state index in [1.807, 2.05) is 36.4 Å². The number of nitrogens with one attached hydrogen (secondary N) is 1. The molecule has 0 saturated carbocycles. The Kier molecular flexibility index (Phi) is 4.80. The van der Waals surface area contributed by atoms with Gasteiger partial charge in [0.05, 0.1) is 5.69 Å². The molecule has 7 heteroatoms. The van der Waals surface area contributed by atoms with Gasteiger partial charge in [0.2, 0.25) is 0 Å². The standard InChI is InChI=1S/C22H21N3O4/c1-13-18(11-25(2)24-13)20(21(26)27)23-22(28)29-12-19-16-9-5-3-7-14(16)15-8-4-6-10-17(15)19/h3-11,19-20H,12H2,1-2H3,(H,23,28)(H,26,27)/t20-/m0/s1. The molecule has 4 rings (SSSR count). The van der Waals surface area contributed by atoms with Crippen molar-refractivity contribution >= 4 is 12.1 Å². The second-order valence-corrected chi connectivity index (χ2v) is 7.08. The summed E-state index contributed by atoms with van der Waals surface area (Å²) >= 11 is 0. The van der Waals surface area contributed by atoms with Crippen molar-refractivity contribution in [3.05, 3.63) is 77.1 Å². The van der Waals surface area contributed by atoms with Crippen LogP contribution in [-0.4, -0.2) is 33.6 Å². The minimum Gasteiger partial charge on any atom is -0.479 e. The number of carboxylic acid groups (broad SMARTS) is 1. The number of rotatable bonds is 5. The molecule has 0 saturated heterocycles. The zero-order valence-corrected chi connectivity index (χ0v) is 16.1. The Labute approximate surface area is 167 Å². The fourth-order valence-corrected chi connectivity index (χ4v) is 3.93. The molecule has 0 spiro atoms. The molecule has 148 valence electrons. The molecule has 29 heavy (non-hydrogen) atoms. The van der Waals surface area contributed by atoms with E-state index in [0.717, 1.165) is 22.3 Å². The van der Waals surface area contributed by atoms with Gasteiger partial charge >= 0.3 is 12.1 Å². The van der Waals surface area contributed by atoms with Gasteiger partial charge in [-0.15, -0.1) is 0 Å². The Balaban J connectivity index is 1.50. The molecule has 7 nitrogen and oxygen atoms in total. The third kappa shape index (κ3) is 3.47. The highest BCUT2D eigenvalue weighted by atomic mass is 16.5. The Hall–Kier alpha value is -3.61. The Morgan fingerprint density at radius 2 is 1.72 bits per heavy atom. The SMILES string of the molecule is Cc1nn(C)cc1[C@H](NC(=O)OCC1c2ccccc2-c2ccccc21)C(=O)O. The molecule has 1 aliphatic rings. The van der Waals surface area contributed by atoms with Crippen LogP contribution in [0.5, 0.6) is 0 Å². The van der Waals surface area contributed by atoms with Crippen LogP contribution in [0.3, 0.4) is 0 Å². The quantitative estimate of drug-likeness (QED) is 0.695. The molecule has 0 unspecified atom stereocenters. The second-order valence-electron chi connectivity index (χ2n) is 7.08. The van der Waals surface area contributed by atoms with Crippen LogP contribution in [0.25, 0.3) is 11.1 Å². The molecule has 0 fully saturated rings. The first-order valence-corrected chi connectivity index (χ1v) is 9.30. The van der Waals surface area contributed by atoms with Gasteiger partial charge in [0.15, 0.2) is 6.04 Å². The zero-order valence-electron chi connectivity index (χ0n) is 16.1. The van der Waals surface area contributed by atoms with Crippen molar-refractivity contribution in [1.29, 1.82) is 0 Å². The van der Waals surface area contributed by atoms with Gasteiger partial charge < -0.3 is 15.2 Å². The Morgan fingerprint density at radius 3 is 2.24 bits per heavy atom. The molecule has 0 aliphatic heterocycles. The third-order valence-electron chi connectivity index (χ3n) is 5.22. The number of carbonyl (C=O) groups excluding carboxylic acids is 1. The van der Waals surface area contributed by atoms with E-state index in [-0.39, 0.29) is 12.5 Å². The second kappa shape index (κ2) is 7.43. The van der Waals surface area contributed by atoms with E-state index in [1.54, 1.807) is 20.2 Å². The number of aromatic nitrogens is 2. The number of alkyl carbamates (subject to hydrolysis) is 1. The van der Waals surface area contributed by atoms with Gasteiger partial charge in [-0.1, -0.05) is 48.5 Å². The highest BCUT2D eigenvalue weighted by molar-refractivity contribution is 5.82. The summed E-state index contributed by atoms with van der Waals surface area (Å²) in [7, 11) is 1.70. The summed E-state index contributed by atoms with van der Waals surface area (Å²) in [5.41, 5.74) is 5.42. The molecule has 0 bridgehead atoms. The van der Waals surface area contributed by atoms with Crippen molar-refractivity contribution in [3.8, 4) is 11.1 Å². The van der Waals surface area contributed by atoms with E-state index in [2.05, 4.69) is 22.5 Å². The van der Waals surface area contributed by atoms with Crippen LogP contribution in [0.2, 0.25) is 0 Å². The first-order chi connectivity index (χ1) is 14.0.